The Balaban J connectivity index is 2.33. The molecule has 0 saturated carbocycles. The number of benzene rings is 2. The maximum absolute atomic E-state index is 10.9. The van der Waals surface area contributed by atoms with Gasteiger partial charge < -0.3 is 14.9 Å². The molecule has 1 N–H and O–H groups in total. The minimum Gasteiger partial charge on any atom is -0.386 e. The molecule has 0 aliphatic heterocycles. The van der Waals surface area contributed by atoms with Crippen LogP contribution >= 0.6 is 0 Å². The summed E-state index contributed by atoms with van der Waals surface area (Å²) in [4.78, 5) is 4.40. The van der Waals surface area contributed by atoms with Crippen LogP contribution < -0.4 is 9.80 Å². The molecule has 0 fully saturated rings. The van der Waals surface area contributed by atoms with Crippen LogP contribution in [0.3, 0.4) is 0 Å². The Morgan fingerprint density at radius 3 is 1.65 bits per heavy atom. The van der Waals surface area contributed by atoms with E-state index in [1.54, 1.807) is 0 Å². The van der Waals surface area contributed by atoms with E-state index >= 15 is 0 Å². The Bertz CT molecular complexity index is 870. The Labute approximate surface area is 188 Å². The molecule has 0 amide bonds. The van der Waals surface area contributed by atoms with Crippen molar-refractivity contribution in [3.8, 4) is 0 Å². The van der Waals surface area contributed by atoms with E-state index in [9.17, 15) is 5.11 Å². The Kier molecular flexibility index (Phi) is 8.89. The summed E-state index contributed by atoms with van der Waals surface area (Å²) in [7, 11) is 0. The average Bonchev–Trinajstić information content (AvgIpc) is 2.73. The summed E-state index contributed by atoms with van der Waals surface area (Å²) >= 11 is 0. The first kappa shape index (κ1) is 24.2. The van der Waals surface area contributed by atoms with Gasteiger partial charge in [-0.15, -0.1) is 26.3 Å². The van der Waals surface area contributed by atoms with Crippen molar-refractivity contribution in [2.24, 2.45) is 0 Å². The maximum atomic E-state index is 10.9. The van der Waals surface area contributed by atoms with Gasteiger partial charge in [-0.25, -0.2) is 0 Å². The normalized spacial score (nSPS) is 10.9. The molecule has 0 aliphatic rings. The zero-order chi connectivity index (χ0) is 22.9. The topological polar surface area (TPSA) is 26.7 Å². The van der Waals surface area contributed by atoms with Crippen LogP contribution in [-0.4, -0.2) is 31.3 Å². The number of nitrogens with zero attached hydrogens (tertiary/aromatic N) is 2. The quantitative estimate of drug-likeness (QED) is 0.414. The van der Waals surface area contributed by atoms with Gasteiger partial charge in [0.2, 0.25) is 0 Å². The Morgan fingerprint density at radius 2 is 1.19 bits per heavy atom. The van der Waals surface area contributed by atoms with Gasteiger partial charge in [0.25, 0.3) is 0 Å². The third-order valence-electron chi connectivity index (χ3n) is 5.21. The first-order valence-electron chi connectivity index (χ1n) is 10.7. The predicted molar refractivity (Wildman–Crippen MR) is 136 cm³/mol. The van der Waals surface area contributed by atoms with Crippen LogP contribution in [0, 0.1) is 0 Å². The fraction of sp³-hybridized carbons (Fsp3) is 0.286. The number of hydrogen-bond donors (Lipinski definition) is 1. The van der Waals surface area contributed by atoms with Crippen LogP contribution in [0.2, 0.25) is 0 Å². The minimum absolute atomic E-state index is 0.726. The molecule has 2 aromatic rings. The summed E-state index contributed by atoms with van der Waals surface area (Å²) in [5.41, 5.74) is 4.52. The highest BCUT2D eigenvalue weighted by molar-refractivity contribution is 5.55. The fourth-order valence-electron chi connectivity index (χ4n) is 3.72. The van der Waals surface area contributed by atoms with E-state index < -0.39 is 5.60 Å². The molecule has 3 heteroatoms. The van der Waals surface area contributed by atoms with Crippen LogP contribution in [0.5, 0.6) is 0 Å². The van der Waals surface area contributed by atoms with Crippen molar-refractivity contribution < 1.29 is 5.11 Å². The third kappa shape index (κ3) is 6.73. The van der Waals surface area contributed by atoms with E-state index in [1.165, 1.54) is 5.56 Å². The smallest absolute Gasteiger partial charge is 0.0844 e. The molecule has 3 nitrogen and oxygen atoms in total. The zero-order valence-electron chi connectivity index (χ0n) is 19.1. The second-order valence-electron chi connectivity index (χ2n) is 8.21. The monoisotopic (exact) mass is 416 g/mol. The lowest BCUT2D eigenvalue weighted by Gasteiger charge is -2.27. The van der Waals surface area contributed by atoms with Crippen molar-refractivity contribution >= 4 is 11.4 Å². The summed E-state index contributed by atoms with van der Waals surface area (Å²) in [6, 6.07) is 14.9. The predicted octanol–water partition coefficient (Wildman–Crippen LogP) is 5.86. The van der Waals surface area contributed by atoms with E-state index in [4.69, 9.17) is 0 Å². The van der Waals surface area contributed by atoms with E-state index in [0.29, 0.717) is 0 Å². The Hall–Kier alpha value is -3.04. The van der Waals surface area contributed by atoms with E-state index in [1.807, 2.05) is 38.2 Å². The standard InChI is InChI=1S/C28H36N2O/c1-7-17-29(18-8-2)25-14-11-23(12-15-25)21-24-13-16-26(22-27(24)28(5,6)31)30(19-9-3)20-10-4/h7-16,22,31H,1-4,17-21H2,5-6H3. The van der Waals surface area contributed by atoms with Crippen LogP contribution in [0.15, 0.2) is 93.1 Å². The zero-order valence-corrected chi connectivity index (χ0v) is 19.1. The van der Waals surface area contributed by atoms with Crippen LogP contribution in [-0.2, 0) is 12.0 Å². The van der Waals surface area contributed by atoms with Gasteiger partial charge in [-0.3, -0.25) is 0 Å². The molecule has 0 aromatic heterocycles. The molecule has 164 valence electrons. The van der Waals surface area contributed by atoms with Crippen molar-refractivity contribution in [2.45, 2.75) is 25.9 Å². The molecule has 0 spiro atoms. The average molecular weight is 417 g/mol. The molecule has 0 bridgehead atoms. The summed E-state index contributed by atoms with van der Waals surface area (Å²) in [6.07, 6.45) is 8.31. The van der Waals surface area contributed by atoms with Crippen molar-refractivity contribution in [3.63, 3.8) is 0 Å². The van der Waals surface area contributed by atoms with Gasteiger partial charge in [0.15, 0.2) is 0 Å². The molecular formula is C28H36N2O. The second kappa shape index (κ2) is 11.4. The molecule has 0 atom stereocenters. The maximum Gasteiger partial charge on any atom is 0.0844 e. The highest BCUT2D eigenvalue weighted by atomic mass is 16.3. The highest BCUT2D eigenvalue weighted by Crippen LogP contribution is 2.30. The van der Waals surface area contributed by atoms with Crippen molar-refractivity contribution in [3.05, 3.63) is 110 Å². The van der Waals surface area contributed by atoms with Crippen molar-refractivity contribution in [2.75, 3.05) is 36.0 Å². The summed E-state index contributed by atoms with van der Waals surface area (Å²) in [6.45, 7) is 22.1. The molecule has 0 aliphatic carbocycles. The molecular weight excluding hydrogens is 380 g/mol. The van der Waals surface area contributed by atoms with Crippen LogP contribution in [0.1, 0.15) is 30.5 Å². The van der Waals surface area contributed by atoms with Crippen LogP contribution in [0.4, 0.5) is 11.4 Å². The second-order valence-corrected chi connectivity index (χ2v) is 8.21. The third-order valence-corrected chi connectivity index (χ3v) is 5.21. The molecule has 0 radical (unpaired) electrons. The molecule has 0 unspecified atom stereocenters. The van der Waals surface area contributed by atoms with Gasteiger partial charge in [-0.05, 0) is 61.2 Å². The van der Waals surface area contributed by atoms with Gasteiger partial charge in [0.05, 0.1) is 5.60 Å². The lowest BCUT2D eigenvalue weighted by molar-refractivity contribution is 0.0778. The number of hydrogen-bond acceptors (Lipinski definition) is 3. The lowest BCUT2D eigenvalue weighted by atomic mass is 9.89. The van der Waals surface area contributed by atoms with Gasteiger partial charge in [0, 0.05) is 37.6 Å². The summed E-state index contributed by atoms with van der Waals surface area (Å²) < 4.78 is 0. The molecule has 31 heavy (non-hydrogen) atoms. The number of rotatable bonds is 13. The number of aliphatic hydroxyl groups is 1. The van der Waals surface area contributed by atoms with Gasteiger partial charge in [-0.1, -0.05) is 42.5 Å². The fourth-order valence-corrected chi connectivity index (χ4v) is 3.72. The van der Waals surface area contributed by atoms with Gasteiger partial charge in [-0.2, -0.15) is 0 Å². The minimum atomic E-state index is -0.940. The SMILES string of the molecule is C=CCN(CC=C)c1ccc(Cc2ccc(N(CC=C)CC=C)cc2C(C)(C)O)cc1. The molecule has 0 heterocycles. The van der Waals surface area contributed by atoms with Crippen molar-refractivity contribution in [1.29, 1.82) is 0 Å². The van der Waals surface area contributed by atoms with E-state index in [0.717, 1.165) is 55.1 Å². The van der Waals surface area contributed by atoms with Gasteiger partial charge in [0.1, 0.15) is 0 Å². The number of anilines is 2. The summed E-state index contributed by atoms with van der Waals surface area (Å²) in [5, 5.41) is 10.9. The largest absolute Gasteiger partial charge is 0.386 e. The Morgan fingerprint density at radius 1 is 0.742 bits per heavy atom. The van der Waals surface area contributed by atoms with Gasteiger partial charge >= 0.3 is 0 Å². The summed E-state index contributed by atoms with van der Waals surface area (Å²) in [5.74, 6) is 0. The molecule has 2 rings (SSSR count). The van der Waals surface area contributed by atoms with E-state index in [-0.39, 0.29) is 0 Å². The highest BCUT2D eigenvalue weighted by Gasteiger charge is 2.21. The first-order valence-corrected chi connectivity index (χ1v) is 10.7. The first-order chi connectivity index (χ1) is 14.8. The van der Waals surface area contributed by atoms with E-state index in [2.05, 4.69) is 78.6 Å². The van der Waals surface area contributed by atoms with Crippen LogP contribution in [0.25, 0.3) is 0 Å². The molecule has 0 saturated heterocycles. The van der Waals surface area contributed by atoms with Crippen molar-refractivity contribution in [1.82, 2.24) is 0 Å². The molecule has 2 aromatic carbocycles. The lowest BCUT2D eigenvalue weighted by Crippen LogP contribution is -2.25.